The van der Waals surface area contributed by atoms with Crippen LogP contribution >= 0.6 is 27.5 Å². The molecule has 0 radical (unpaired) electrons. The van der Waals surface area contributed by atoms with Crippen LogP contribution in [-0.2, 0) is 16.0 Å². The van der Waals surface area contributed by atoms with E-state index in [1.165, 1.54) is 14.2 Å². The molecule has 0 bridgehead atoms. The minimum Gasteiger partial charge on any atom is -0.496 e. The van der Waals surface area contributed by atoms with E-state index in [1.807, 2.05) is 0 Å². The Morgan fingerprint density at radius 2 is 2.13 bits per heavy atom. The van der Waals surface area contributed by atoms with Crippen LogP contribution in [0.25, 0.3) is 0 Å². The number of hydrogen-bond acceptors (Lipinski definition) is 3. The van der Waals surface area contributed by atoms with Crippen molar-refractivity contribution in [1.82, 2.24) is 0 Å². The van der Waals surface area contributed by atoms with E-state index in [2.05, 4.69) is 20.7 Å². The van der Waals surface area contributed by atoms with Gasteiger partial charge in [0, 0.05) is 10.0 Å². The predicted molar refractivity (Wildman–Crippen MR) is 61.4 cm³/mol. The zero-order valence-electron chi connectivity index (χ0n) is 8.34. The van der Waals surface area contributed by atoms with Crippen molar-refractivity contribution in [2.45, 2.75) is 6.42 Å². The van der Waals surface area contributed by atoms with Crippen LogP contribution in [0.15, 0.2) is 16.6 Å². The van der Waals surface area contributed by atoms with Crippen molar-refractivity contribution in [3.05, 3.63) is 27.2 Å². The maximum Gasteiger partial charge on any atom is 0.310 e. The molecule has 15 heavy (non-hydrogen) atoms. The Hall–Kier alpha value is -0.740. The molecule has 0 aromatic heterocycles. The van der Waals surface area contributed by atoms with E-state index in [4.69, 9.17) is 16.3 Å². The standard InChI is InChI=1S/C10H10BrClO3/c1-14-8-4-3-7(12)10(11)6(8)5-9(13)15-2/h3-4H,5H2,1-2H3. The van der Waals surface area contributed by atoms with E-state index < -0.39 is 0 Å². The number of carbonyl (C=O) groups excluding carboxylic acids is 1. The van der Waals surface area contributed by atoms with Crippen molar-refractivity contribution in [3.8, 4) is 5.75 Å². The molecule has 5 heteroatoms. The molecule has 0 heterocycles. The lowest BCUT2D eigenvalue weighted by Crippen LogP contribution is -2.06. The minimum absolute atomic E-state index is 0.126. The summed E-state index contributed by atoms with van der Waals surface area (Å²) >= 11 is 9.22. The van der Waals surface area contributed by atoms with Crippen LogP contribution in [0.5, 0.6) is 5.75 Å². The van der Waals surface area contributed by atoms with E-state index >= 15 is 0 Å². The molecule has 0 saturated heterocycles. The zero-order valence-corrected chi connectivity index (χ0v) is 10.7. The molecule has 1 rings (SSSR count). The fourth-order valence-corrected chi connectivity index (χ4v) is 1.79. The number of ether oxygens (including phenoxy) is 2. The summed E-state index contributed by atoms with van der Waals surface area (Å²) in [7, 11) is 2.88. The highest BCUT2D eigenvalue weighted by atomic mass is 79.9. The molecule has 0 aliphatic rings. The third-order valence-corrected chi connectivity index (χ3v) is 3.37. The van der Waals surface area contributed by atoms with Gasteiger partial charge in [0.05, 0.1) is 25.7 Å². The summed E-state index contributed by atoms with van der Waals surface area (Å²) in [6, 6.07) is 3.41. The van der Waals surface area contributed by atoms with E-state index in [1.54, 1.807) is 12.1 Å². The lowest BCUT2D eigenvalue weighted by molar-refractivity contribution is -0.139. The van der Waals surface area contributed by atoms with Crippen molar-refractivity contribution in [2.75, 3.05) is 14.2 Å². The largest absolute Gasteiger partial charge is 0.496 e. The zero-order chi connectivity index (χ0) is 11.4. The van der Waals surface area contributed by atoms with Gasteiger partial charge in [0.2, 0.25) is 0 Å². The van der Waals surface area contributed by atoms with E-state index in [9.17, 15) is 4.79 Å². The highest BCUT2D eigenvalue weighted by molar-refractivity contribution is 9.10. The Bertz CT molecular complexity index is 379. The summed E-state index contributed by atoms with van der Waals surface area (Å²) < 4.78 is 10.4. The summed E-state index contributed by atoms with van der Waals surface area (Å²) in [6.07, 6.45) is 0.126. The van der Waals surface area contributed by atoms with Crippen molar-refractivity contribution in [1.29, 1.82) is 0 Å². The van der Waals surface area contributed by atoms with Crippen molar-refractivity contribution >= 4 is 33.5 Å². The Morgan fingerprint density at radius 3 is 2.67 bits per heavy atom. The van der Waals surface area contributed by atoms with Crippen LogP contribution < -0.4 is 4.74 Å². The van der Waals surface area contributed by atoms with Gasteiger partial charge in [-0.3, -0.25) is 4.79 Å². The van der Waals surface area contributed by atoms with Gasteiger partial charge in [-0.25, -0.2) is 0 Å². The van der Waals surface area contributed by atoms with Crippen LogP contribution in [0.3, 0.4) is 0 Å². The first-order chi connectivity index (χ1) is 7.10. The average Bonchev–Trinajstić information content (AvgIpc) is 2.25. The summed E-state index contributed by atoms with van der Waals surface area (Å²) in [5.74, 6) is 0.271. The van der Waals surface area contributed by atoms with Crippen LogP contribution in [0.1, 0.15) is 5.56 Å². The van der Waals surface area contributed by atoms with Gasteiger partial charge in [-0.2, -0.15) is 0 Å². The highest BCUT2D eigenvalue weighted by Crippen LogP contribution is 2.33. The van der Waals surface area contributed by atoms with Crippen molar-refractivity contribution < 1.29 is 14.3 Å². The monoisotopic (exact) mass is 292 g/mol. The fraction of sp³-hybridized carbons (Fsp3) is 0.300. The third kappa shape index (κ3) is 2.86. The van der Waals surface area contributed by atoms with Gasteiger partial charge < -0.3 is 9.47 Å². The smallest absolute Gasteiger partial charge is 0.310 e. The van der Waals surface area contributed by atoms with Crippen molar-refractivity contribution in [3.63, 3.8) is 0 Å². The number of rotatable bonds is 3. The summed E-state index contributed by atoms with van der Waals surface area (Å²) in [5, 5.41) is 0.537. The number of carbonyl (C=O) groups is 1. The lowest BCUT2D eigenvalue weighted by Gasteiger charge is -2.10. The normalized spacial score (nSPS) is 9.87. The molecule has 1 aromatic carbocycles. The molecule has 0 fully saturated rings. The Morgan fingerprint density at radius 1 is 1.47 bits per heavy atom. The number of hydrogen-bond donors (Lipinski definition) is 0. The molecule has 0 amide bonds. The van der Waals surface area contributed by atoms with Gasteiger partial charge in [-0.1, -0.05) is 11.6 Å². The van der Waals surface area contributed by atoms with E-state index in [0.717, 1.165) is 0 Å². The quantitative estimate of drug-likeness (QED) is 0.804. The third-order valence-electron chi connectivity index (χ3n) is 1.92. The number of halogens is 2. The average molecular weight is 294 g/mol. The molecule has 0 aliphatic heterocycles. The molecule has 0 unspecified atom stereocenters. The molecular weight excluding hydrogens is 283 g/mol. The predicted octanol–water partition coefficient (Wildman–Crippen LogP) is 2.83. The highest BCUT2D eigenvalue weighted by Gasteiger charge is 2.14. The second kappa shape index (κ2) is 5.37. The van der Waals surface area contributed by atoms with Gasteiger partial charge >= 0.3 is 5.97 Å². The first-order valence-electron chi connectivity index (χ1n) is 4.17. The molecule has 0 spiro atoms. The SMILES string of the molecule is COC(=O)Cc1c(OC)ccc(Cl)c1Br. The number of methoxy groups -OCH3 is 2. The molecule has 0 N–H and O–H groups in total. The molecule has 0 saturated carbocycles. The Labute approximate surface area is 101 Å². The molecule has 0 atom stereocenters. The van der Waals surface area contributed by atoms with Gasteiger partial charge in [0.25, 0.3) is 0 Å². The lowest BCUT2D eigenvalue weighted by atomic mass is 10.1. The van der Waals surface area contributed by atoms with Crippen LogP contribution in [0, 0.1) is 0 Å². The van der Waals surface area contributed by atoms with Gasteiger partial charge in [0.15, 0.2) is 0 Å². The maximum absolute atomic E-state index is 11.2. The van der Waals surface area contributed by atoms with Gasteiger partial charge in [-0.15, -0.1) is 0 Å². The number of esters is 1. The molecule has 3 nitrogen and oxygen atoms in total. The van der Waals surface area contributed by atoms with Gasteiger partial charge in [0.1, 0.15) is 5.75 Å². The molecular formula is C10H10BrClO3. The fourth-order valence-electron chi connectivity index (χ4n) is 1.15. The van der Waals surface area contributed by atoms with Crippen LogP contribution in [-0.4, -0.2) is 20.2 Å². The molecule has 82 valence electrons. The van der Waals surface area contributed by atoms with Gasteiger partial charge in [-0.05, 0) is 28.1 Å². The second-order valence-corrected chi connectivity index (χ2v) is 4.00. The summed E-state index contributed by atoms with van der Waals surface area (Å²) in [5.41, 5.74) is 0.692. The first kappa shape index (κ1) is 12.3. The van der Waals surface area contributed by atoms with Crippen LogP contribution in [0.2, 0.25) is 5.02 Å². The summed E-state index contributed by atoms with van der Waals surface area (Å²) in [6.45, 7) is 0. The summed E-state index contributed by atoms with van der Waals surface area (Å²) in [4.78, 5) is 11.2. The van der Waals surface area contributed by atoms with E-state index in [-0.39, 0.29) is 12.4 Å². The molecule has 1 aromatic rings. The molecule has 0 aliphatic carbocycles. The minimum atomic E-state index is -0.337. The first-order valence-corrected chi connectivity index (χ1v) is 5.35. The topological polar surface area (TPSA) is 35.5 Å². The van der Waals surface area contributed by atoms with Crippen molar-refractivity contribution in [2.24, 2.45) is 0 Å². The Kier molecular flexibility index (Phi) is 4.42. The Balaban J connectivity index is 3.12. The second-order valence-electron chi connectivity index (χ2n) is 2.80. The van der Waals surface area contributed by atoms with Crippen LogP contribution in [0.4, 0.5) is 0 Å². The number of benzene rings is 1. The van der Waals surface area contributed by atoms with E-state index in [0.29, 0.717) is 20.8 Å². The maximum atomic E-state index is 11.2.